The lowest BCUT2D eigenvalue weighted by Gasteiger charge is -2.25. The molecule has 1 heterocycles. The number of hydrogen-bond donors (Lipinski definition) is 1. The lowest BCUT2D eigenvalue weighted by Crippen LogP contribution is -2.37. The molecule has 120 valence electrons. The van der Waals surface area contributed by atoms with Gasteiger partial charge in [-0.15, -0.1) is 0 Å². The number of carbonyl (C=O) groups is 1. The van der Waals surface area contributed by atoms with Crippen LogP contribution < -0.4 is 10.5 Å². The van der Waals surface area contributed by atoms with E-state index >= 15 is 0 Å². The van der Waals surface area contributed by atoms with Crippen molar-refractivity contribution >= 4 is 5.91 Å². The van der Waals surface area contributed by atoms with E-state index in [0.29, 0.717) is 18.8 Å². The molecule has 1 fully saturated rings. The highest BCUT2D eigenvalue weighted by Crippen LogP contribution is 2.27. The Balaban J connectivity index is 1.69. The van der Waals surface area contributed by atoms with Gasteiger partial charge in [-0.2, -0.15) is 0 Å². The number of carbonyl (C=O) groups excluding carboxylic acids is 1. The monoisotopic (exact) mass is 314 g/mol. The van der Waals surface area contributed by atoms with Crippen LogP contribution in [0.15, 0.2) is 54.6 Å². The standard InChI is InChI=1S/C18H19FN2O2/c19-14-7-4-8-15(11-14)23-16-9-10-21(12-16)17(18(20)22)13-5-2-1-3-6-13/h1-8,11,16-17H,9-10,12H2,(H2,20,22). The minimum Gasteiger partial charge on any atom is -0.489 e. The van der Waals surface area contributed by atoms with Crippen molar-refractivity contribution in [3.8, 4) is 5.75 Å². The summed E-state index contributed by atoms with van der Waals surface area (Å²) in [5.41, 5.74) is 6.48. The summed E-state index contributed by atoms with van der Waals surface area (Å²) in [6.45, 7) is 1.29. The summed E-state index contributed by atoms with van der Waals surface area (Å²) in [5.74, 6) is -0.188. The van der Waals surface area contributed by atoms with Gasteiger partial charge < -0.3 is 10.5 Å². The molecule has 0 bridgehead atoms. The summed E-state index contributed by atoms with van der Waals surface area (Å²) >= 11 is 0. The molecule has 1 amide bonds. The number of hydrogen-bond acceptors (Lipinski definition) is 3. The van der Waals surface area contributed by atoms with Crippen molar-refractivity contribution in [3.05, 3.63) is 66.0 Å². The van der Waals surface area contributed by atoms with Gasteiger partial charge in [-0.05, 0) is 24.1 Å². The third kappa shape index (κ3) is 3.68. The first-order valence-electron chi connectivity index (χ1n) is 7.64. The van der Waals surface area contributed by atoms with Gasteiger partial charge in [0.2, 0.25) is 5.91 Å². The second-order valence-electron chi connectivity index (χ2n) is 5.70. The molecule has 2 N–H and O–H groups in total. The van der Waals surface area contributed by atoms with E-state index in [1.165, 1.54) is 12.1 Å². The van der Waals surface area contributed by atoms with Gasteiger partial charge in [0.1, 0.15) is 23.7 Å². The Hall–Kier alpha value is -2.40. The molecule has 5 heteroatoms. The van der Waals surface area contributed by atoms with Crippen molar-refractivity contribution in [2.75, 3.05) is 13.1 Å². The van der Waals surface area contributed by atoms with E-state index in [2.05, 4.69) is 0 Å². The maximum absolute atomic E-state index is 13.2. The fourth-order valence-electron chi connectivity index (χ4n) is 3.01. The molecule has 3 rings (SSSR count). The fraction of sp³-hybridized carbons (Fsp3) is 0.278. The maximum Gasteiger partial charge on any atom is 0.239 e. The molecule has 2 atom stereocenters. The number of amides is 1. The van der Waals surface area contributed by atoms with Crippen molar-refractivity contribution in [2.24, 2.45) is 5.73 Å². The largest absolute Gasteiger partial charge is 0.489 e. The molecule has 1 saturated heterocycles. The molecule has 23 heavy (non-hydrogen) atoms. The molecule has 4 nitrogen and oxygen atoms in total. The number of halogens is 1. The number of rotatable bonds is 5. The van der Waals surface area contributed by atoms with Crippen molar-refractivity contribution in [2.45, 2.75) is 18.6 Å². The van der Waals surface area contributed by atoms with Crippen LogP contribution in [0.25, 0.3) is 0 Å². The first-order valence-corrected chi connectivity index (χ1v) is 7.64. The highest BCUT2D eigenvalue weighted by molar-refractivity contribution is 5.81. The molecule has 0 aliphatic carbocycles. The van der Waals surface area contributed by atoms with Gasteiger partial charge in [0.25, 0.3) is 0 Å². The summed E-state index contributed by atoms with van der Waals surface area (Å²) in [7, 11) is 0. The summed E-state index contributed by atoms with van der Waals surface area (Å²) in [4.78, 5) is 13.9. The third-order valence-electron chi connectivity index (χ3n) is 4.03. The third-order valence-corrected chi connectivity index (χ3v) is 4.03. The second kappa shape index (κ2) is 6.79. The van der Waals surface area contributed by atoms with Gasteiger partial charge in [-0.25, -0.2) is 4.39 Å². The number of primary amides is 1. The van der Waals surface area contributed by atoms with Gasteiger partial charge in [-0.3, -0.25) is 9.69 Å². The van der Waals surface area contributed by atoms with Crippen molar-refractivity contribution in [1.29, 1.82) is 0 Å². The van der Waals surface area contributed by atoms with Gasteiger partial charge in [0.05, 0.1) is 0 Å². The van der Waals surface area contributed by atoms with Gasteiger partial charge >= 0.3 is 0 Å². The lowest BCUT2D eigenvalue weighted by atomic mass is 10.1. The Labute approximate surface area is 134 Å². The number of likely N-dealkylation sites (tertiary alicyclic amines) is 1. The second-order valence-corrected chi connectivity index (χ2v) is 5.70. The van der Waals surface area contributed by atoms with Crippen LogP contribution in [-0.4, -0.2) is 30.0 Å². The van der Waals surface area contributed by atoms with Crippen molar-refractivity contribution in [1.82, 2.24) is 4.90 Å². The zero-order valence-corrected chi connectivity index (χ0v) is 12.7. The molecule has 0 radical (unpaired) electrons. The van der Waals surface area contributed by atoms with Crippen LogP contribution in [0.2, 0.25) is 0 Å². The van der Waals surface area contributed by atoms with E-state index in [-0.39, 0.29) is 17.8 Å². The Bertz CT molecular complexity index is 678. The Morgan fingerprint density at radius 1 is 1.22 bits per heavy atom. The summed E-state index contributed by atoms with van der Waals surface area (Å²) < 4.78 is 19.0. The molecule has 1 aliphatic heterocycles. The molecular formula is C18H19FN2O2. The predicted octanol–water partition coefficient (Wildman–Crippen LogP) is 2.51. The molecule has 1 aliphatic rings. The Kier molecular flexibility index (Phi) is 4.57. The topological polar surface area (TPSA) is 55.6 Å². The first kappa shape index (κ1) is 15.5. The summed E-state index contributed by atoms with van der Waals surface area (Å²) in [5, 5.41) is 0. The minimum absolute atomic E-state index is 0.0811. The van der Waals surface area contributed by atoms with Crippen LogP contribution in [0.5, 0.6) is 5.75 Å². The highest BCUT2D eigenvalue weighted by atomic mass is 19.1. The lowest BCUT2D eigenvalue weighted by molar-refractivity contribution is -0.123. The average Bonchev–Trinajstić information content (AvgIpc) is 2.96. The maximum atomic E-state index is 13.2. The van der Waals surface area contributed by atoms with Crippen LogP contribution in [0, 0.1) is 5.82 Å². The smallest absolute Gasteiger partial charge is 0.239 e. The van der Waals surface area contributed by atoms with E-state index in [0.717, 1.165) is 12.0 Å². The molecule has 2 aromatic carbocycles. The van der Waals surface area contributed by atoms with E-state index in [4.69, 9.17) is 10.5 Å². The first-order chi connectivity index (χ1) is 11.1. The van der Waals surface area contributed by atoms with Gasteiger partial charge in [0.15, 0.2) is 0 Å². The zero-order valence-electron chi connectivity index (χ0n) is 12.7. The summed E-state index contributed by atoms with van der Waals surface area (Å²) in [6.07, 6.45) is 0.690. The Morgan fingerprint density at radius 2 is 2.00 bits per heavy atom. The molecular weight excluding hydrogens is 295 g/mol. The van der Waals surface area contributed by atoms with Crippen LogP contribution in [0.4, 0.5) is 4.39 Å². The molecule has 2 unspecified atom stereocenters. The normalized spacial score (nSPS) is 19.4. The molecule has 0 saturated carbocycles. The Morgan fingerprint density at radius 3 is 2.70 bits per heavy atom. The van der Waals surface area contributed by atoms with E-state index in [1.54, 1.807) is 12.1 Å². The van der Waals surface area contributed by atoms with Gasteiger partial charge in [0, 0.05) is 19.2 Å². The number of benzene rings is 2. The van der Waals surface area contributed by atoms with Crippen LogP contribution in [0.1, 0.15) is 18.0 Å². The van der Waals surface area contributed by atoms with Gasteiger partial charge in [-0.1, -0.05) is 36.4 Å². The summed E-state index contributed by atoms with van der Waals surface area (Å²) in [6, 6.07) is 15.1. The van der Waals surface area contributed by atoms with E-state index < -0.39 is 6.04 Å². The highest BCUT2D eigenvalue weighted by Gasteiger charge is 2.33. The minimum atomic E-state index is -0.461. The molecule has 0 spiro atoms. The van der Waals surface area contributed by atoms with Crippen LogP contribution >= 0.6 is 0 Å². The average molecular weight is 314 g/mol. The number of nitrogens with two attached hydrogens (primary N) is 1. The fourth-order valence-corrected chi connectivity index (χ4v) is 3.01. The van der Waals surface area contributed by atoms with E-state index in [1.807, 2.05) is 35.2 Å². The quantitative estimate of drug-likeness (QED) is 0.922. The predicted molar refractivity (Wildman–Crippen MR) is 85.4 cm³/mol. The SMILES string of the molecule is NC(=O)C(c1ccccc1)N1CCC(Oc2cccc(F)c2)C1. The zero-order chi connectivity index (χ0) is 16.2. The molecule has 0 aromatic heterocycles. The molecule has 2 aromatic rings. The number of ether oxygens (including phenoxy) is 1. The van der Waals surface area contributed by atoms with Crippen LogP contribution in [0.3, 0.4) is 0 Å². The number of nitrogens with zero attached hydrogens (tertiary/aromatic N) is 1. The van der Waals surface area contributed by atoms with Crippen molar-refractivity contribution < 1.29 is 13.9 Å². The van der Waals surface area contributed by atoms with Crippen LogP contribution in [-0.2, 0) is 4.79 Å². The van der Waals surface area contributed by atoms with Crippen molar-refractivity contribution in [3.63, 3.8) is 0 Å². The van der Waals surface area contributed by atoms with E-state index in [9.17, 15) is 9.18 Å².